The molecule has 0 bridgehead atoms. The summed E-state index contributed by atoms with van der Waals surface area (Å²) in [4.78, 5) is 40.8. The molecule has 1 fully saturated rings. The molecule has 3 atom stereocenters. The second kappa shape index (κ2) is 11.4. The van der Waals surface area contributed by atoms with Gasteiger partial charge in [0.1, 0.15) is 12.7 Å². The van der Waals surface area contributed by atoms with E-state index in [9.17, 15) is 40.7 Å². The fourth-order valence-corrected chi connectivity index (χ4v) is 6.96. The van der Waals surface area contributed by atoms with Gasteiger partial charge in [-0.1, -0.05) is 30.3 Å². The third-order valence-electron chi connectivity index (χ3n) is 8.10. The van der Waals surface area contributed by atoms with Crippen LogP contribution >= 0.6 is 11.8 Å². The minimum absolute atomic E-state index is 0.0730. The first-order valence-corrected chi connectivity index (χ1v) is 14.9. The molecule has 8 nitrogen and oxygen atoms in total. The Bertz CT molecular complexity index is 1720. The summed E-state index contributed by atoms with van der Waals surface area (Å²) in [5, 5.41) is 1.28. The fraction of sp³-hybridized carbons (Fsp3) is 0.367. The van der Waals surface area contributed by atoms with Crippen molar-refractivity contribution in [3.05, 3.63) is 92.9 Å². The van der Waals surface area contributed by atoms with Crippen LogP contribution in [0.3, 0.4) is 0 Å². The van der Waals surface area contributed by atoms with Gasteiger partial charge in [0.05, 0.1) is 11.6 Å². The highest BCUT2D eigenvalue weighted by atomic mass is 32.2. The molecule has 1 aromatic heterocycles. The summed E-state index contributed by atoms with van der Waals surface area (Å²) in [6.45, 7) is 0.291. The molecule has 4 heterocycles. The van der Waals surface area contributed by atoms with Gasteiger partial charge in [-0.2, -0.15) is 26.3 Å². The summed E-state index contributed by atoms with van der Waals surface area (Å²) in [7, 11) is 0. The van der Waals surface area contributed by atoms with Crippen molar-refractivity contribution in [2.75, 3.05) is 18.3 Å². The zero-order valence-electron chi connectivity index (χ0n) is 23.5. The maximum atomic E-state index is 14.2. The number of alkyl halides is 6. The molecule has 0 spiro atoms. The Morgan fingerprint density at radius 3 is 2.44 bits per heavy atom. The van der Waals surface area contributed by atoms with Gasteiger partial charge in [0.2, 0.25) is 11.2 Å². The van der Waals surface area contributed by atoms with Gasteiger partial charge in [0.15, 0.2) is 11.8 Å². The predicted octanol–water partition coefficient (Wildman–Crippen LogP) is 5.65. The molecule has 0 saturated carbocycles. The van der Waals surface area contributed by atoms with E-state index in [0.29, 0.717) is 21.8 Å². The number of carbonyl (C=O) groups excluding carboxylic acids is 2. The number of rotatable bonds is 4. The first kappa shape index (κ1) is 31.0. The van der Waals surface area contributed by atoms with Crippen LogP contribution in [-0.4, -0.2) is 53.1 Å². The highest BCUT2D eigenvalue weighted by Gasteiger charge is 2.48. The van der Waals surface area contributed by atoms with Crippen LogP contribution in [-0.2, 0) is 21.5 Å². The molecule has 1 saturated heterocycles. The highest BCUT2D eigenvalue weighted by molar-refractivity contribution is 7.98. The number of thioether (sulfide) groups is 1. The third-order valence-corrected chi connectivity index (χ3v) is 9.22. The lowest BCUT2D eigenvalue weighted by Crippen LogP contribution is -2.60. The molecule has 0 unspecified atom stereocenters. The van der Waals surface area contributed by atoms with E-state index < -0.39 is 71.5 Å². The molecule has 45 heavy (non-hydrogen) atoms. The second-order valence-electron chi connectivity index (χ2n) is 10.8. The molecule has 238 valence electrons. The average molecular weight is 654 g/mol. The third kappa shape index (κ3) is 5.56. The monoisotopic (exact) mass is 653 g/mol. The van der Waals surface area contributed by atoms with Crippen molar-refractivity contribution in [1.82, 2.24) is 9.58 Å². The van der Waals surface area contributed by atoms with Gasteiger partial charge < -0.3 is 14.4 Å². The number of carbonyl (C=O) groups is 2. The number of aromatic nitrogens is 1. The number of halogens is 6. The lowest BCUT2D eigenvalue weighted by molar-refractivity contribution is -0.173. The number of nitrogens with zero attached hydrogens (tertiary/aromatic N) is 3. The minimum atomic E-state index is -4.91. The molecule has 3 aliphatic heterocycles. The van der Waals surface area contributed by atoms with E-state index in [2.05, 4.69) is 0 Å². The molecule has 0 N–H and O–H groups in total. The zero-order valence-corrected chi connectivity index (χ0v) is 24.3. The molecule has 0 aliphatic carbocycles. The van der Waals surface area contributed by atoms with Crippen LogP contribution in [0.15, 0.2) is 64.4 Å². The van der Waals surface area contributed by atoms with E-state index in [1.165, 1.54) is 17.1 Å². The van der Waals surface area contributed by atoms with Gasteiger partial charge >= 0.3 is 18.3 Å². The number of hydrogen-bond donors (Lipinski definition) is 0. The van der Waals surface area contributed by atoms with E-state index in [0.717, 1.165) is 41.7 Å². The minimum Gasteiger partial charge on any atom is -0.418 e. The molecule has 3 aromatic rings. The van der Waals surface area contributed by atoms with Crippen LogP contribution in [0.5, 0.6) is 5.75 Å². The first-order chi connectivity index (χ1) is 21.3. The Hall–Kier alpha value is -3.98. The Labute approximate surface area is 256 Å². The fourth-order valence-electron chi connectivity index (χ4n) is 5.82. The van der Waals surface area contributed by atoms with Crippen LogP contribution in [0, 0.1) is 0 Å². The number of benzene rings is 2. The quantitative estimate of drug-likeness (QED) is 0.266. The summed E-state index contributed by atoms with van der Waals surface area (Å²) in [6, 6.07) is 7.75. The Morgan fingerprint density at radius 2 is 1.76 bits per heavy atom. The van der Waals surface area contributed by atoms with Crippen molar-refractivity contribution in [2.45, 2.75) is 61.0 Å². The SMILES string of the molecule is C[C@@H](N1CN([C@@H]2c3ccccc3SCc3c2cccc3C(F)(F)F)n2ccc(=O)c(OC(=O)[C@@H]3CCCO3)c2C1=O)C(F)(F)F. The van der Waals surface area contributed by atoms with E-state index >= 15 is 0 Å². The smallest absolute Gasteiger partial charge is 0.416 e. The summed E-state index contributed by atoms with van der Waals surface area (Å²) >= 11 is 1.14. The van der Waals surface area contributed by atoms with Gasteiger partial charge in [-0.15, -0.1) is 11.8 Å². The molecular weight excluding hydrogens is 628 g/mol. The van der Waals surface area contributed by atoms with Gasteiger partial charge in [-0.3, -0.25) is 19.3 Å². The molecule has 2 aromatic carbocycles. The zero-order chi connectivity index (χ0) is 32.3. The lowest BCUT2D eigenvalue weighted by Gasteiger charge is -2.46. The molecule has 0 radical (unpaired) electrons. The Morgan fingerprint density at radius 1 is 1.02 bits per heavy atom. The average Bonchev–Trinajstić information content (AvgIpc) is 3.48. The summed E-state index contributed by atoms with van der Waals surface area (Å²) in [5.41, 5.74) is -1.96. The number of pyridine rings is 1. The van der Waals surface area contributed by atoms with Crippen molar-refractivity contribution in [2.24, 2.45) is 0 Å². The first-order valence-electron chi connectivity index (χ1n) is 13.9. The van der Waals surface area contributed by atoms with Crippen molar-refractivity contribution >= 4 is 23.6 Å². The Kier molecular flexibility index (Phi) is 7.88. The highest BCUT2D eigenvalue weighted by Crippen LogP contribution is 2.47. The van der Waals surface area contributed by atoms with Crippen molar-refractivity contribution in [3.8, 4) is 5.75 Å². The topological polar surface area (TPSA) is 81.1 Å². The number of hydrogen-bond acceptors (Lipinski definition) is 7. The predicted molar refractivity (Wildman–Crippen MR) is 149 cm³/mol. The van der Waals surface area contributed by atoms with E-state index in [4.69, 9.17) is 9.47 Å². The van der Waals surface area contributed by atoms with E-state index in [-0.39, 0.29) is 29.9 Å². The molecular formula is C30H25F6N3O5S. The number of esters is 1. The standard InChI is InChI=1S/C30H25F6N3O5S/c1-16(29(31,32)33)37-15-39(38-12-11-21(40)26(25(38)27(37)41)44-28(42)22-9-5-13-43-22)24-17-7-4-8-20(30(34,35)36)19(17)14-45-23-10-3-2-6-18(23)24/h2-4,6-8,10-12,16,22,24H,5,9,13-15H2,1H3/t16-,22+,24+/m1/s1. The maximum absolute atomic E-state index is 14.2. The summed E-state index contributed by atoms with van der Waals surface area (Å²) in [5.74, 6) is -3.12. The van der Waals surface area contributed by atoms with Gasteiger partial charge in [-0.05, 0) is 48.6 Å². The maximum Gasteiger partial charge on any atom is 0.416 e. The number of ether oxygens (including phenoxy) is 2. The van der Waals surface area contributed by atoms with Gasteiger partial charge in [-0.25, -0.2) is 4.79 Å². The van der Waals surface area contributed by atoms with Crippen LogP contribution in [0.4, 0.5) is 26.3 Å². The van der Waals surface area contributed by atoms with Crippen molar-refractivity contribution in [3.63, 3.8) is 0 Å². The van der Waals surface area contributed by atoms with Gasteiger partial charge in [0.25, 0.3) is 5.91 Å². The Balaban J connectivity index is 1.60. The second-order valence-corrected chi connectivity index (χ2v) is 11.8. The van der Waals surface area contributed by atoms with Gasteiger partial charge in [0, 0.05) is 29.5 Å². The molecule has 6 rings (SSSR count). The molecule has 15 heteroatoms. The number of amides is 1. The largest absolute Gasteiger partial charge is 0.418 e. The van der Waals surface area contributed by atoms with Crippen LogP contribution in [0.2, 0.25) is 0 Å². The van der Waals surface area contributed by atoms with E-state index in [1.807, 2.05) is 0 Å². The summed E-state index contributed by atoms with van der Waals surface area (Å²) < 4.78 is 97.0. The number of fused-ring (bicyclic) bond motifs is 3. The van der Waals surface area contributed by atoms with Crippen molar-refractivity contribution < 1.29 is 45.4 Å². The van der Waals surface area contributed by atoms with Crippen LogP contribution in [0.25, 0.3) is 0 Å². The lowest BCUT2D eigenvalue weighted by atomic mass is 9.91. The molecule has 3 aliphatic rings. The molecule has 1 amide bonds. The van der Waals surface area contributed by atoms with Crippen LogP contribution in [0.1, 0.15) is 58.5 Å². The van der Waals surface area contributed by atoms with Crippen LogP contribution < -0.4 is 15.2 Å². The van der Waals surface area contributed by atoms with Crippen molar-refractivity contribution in [1.29, 1.82) is 0 Å². The van der Waals surface area contributed by atoms with E-state index in [1.54, 1.807) is 24.3 Å². The normalized spacial score (nSPS) is 20.6. The summed E-state index contributed by atoms with van der Waals surface area (Å²) in [6.07, 6.45) is -8.72.